The van der Waals surface area contributed by atoms with E-state index < -0.39 is 23.4 Å². The van der Waals surface area contributed by atoms with E-state index in [0.717, 1.165) is 11.3 Å². The number of ether oxygens (including phenoxy) is 2. The van der Waals surface area contributed by atoms with E-state index in [-0.39, 0.29) is 6.61 Å². The van der Waals surface area contributed by atoms with Gasteiger partial charge in [0.25, 0.3) is 5.60 Å². The predicted molar refractivity (Wildman–Crippen MR) is 89.9 cm³/mol. The van der Waals surface area contributed by atoms with Gasteiger partial charge >= 0.3 is 5.97 Å². The van der Waals surface area contributed by atoms with Crippen molar-refractivity contribution in [3.63, 3.8) is 0 Å². The van der Waals surface area contributed by atoms with Crippen molar-refractivity contribution in [3.05, 3.63) is 60.2 Å². The Bertz CT molecular complexity index is 759. The molecular formula is C19H19NO4. The molecule has 0 saturated carbocycles. The summed E-state index contributed by atoms with van der Waals surface area (Å²) in [5, 5.41) is 3.28. The SMILES string of the molecule is CCOC(=O)[C@@]1(C(C)=O)Oc2ccccc2N[C@H]1c1ccccc1. The van der Waals surface area contributed by atoms with Gasteiger partial charge < -0.3 is 14.8 Å². The maximum absolute atomic E-state index is 12.7. The van der Waals surface area contributed by atoms with Crippen LogP contribution in [0.2, 0.25) is 0 Å². The summed E-state index contributed by atoms with van der Waals surface area (Å²) in [6.07, 6.45) is 0. The van der Waals surface area contributed by atoms with Gasteiger partial charge in [0, 0.05) is 0 Å². The summed E-state index contributed by atoms with van der Waals surface area (Å²) in [5.41, 5.74) is -0.256. The van der Waals surface area contributed by atoms with Gasteiger partial charge in [0.1, 0.15) is 11.8 Å². The van der Waals surface area contributed by atoms with Gasteiger partial charge in [-0.25, -0.2) is 4.79 Å². The van der Waals surface area contributed by atoms with Crippen molar-refractivity contribution < 1.29 is 19.1 Å². The Morgan fingerprint density at radius 2 is 1.79 bits per heavy atom. The molecule has 0 aromatic heterocycles. The minimum absolute atomic E-state index is 0.167. The predicted octanol–water partition coefficient (Wildman–Crippen LogP) is 3.12. The lowest BCUT2D eigenvalue weighted by atomic mass is 9.83. The van der Waals surface area contributed by atoms with Crippen LogP contribution >= 0.6 is 0 Å². The molecule has 2 atom stereocenters. The summed E-state index contributed by atoms with van der Waals surface area (Å²) in [7, 11) is 0. The van der Waals surface area contributed by atoms with E-state index in [4.69, 9.17) is 9.47 Å². The lowest BCUT2D eigenvalue weighted by Gasteiger charge is -2.41. The van der Waals surface area contributed by atoms with Crippen LogP contribution in [0.3, 0.4) is 0 Å². The number of para-hydroxylation sites is 2. The van der Waals surface area contributed by atoms with E-state index >= 15 is 0 Å². The van der Waals surface area contributed by atoms with Crippen molar-refractivity contribution in [2.75, 3.05) is 11.9 Å². The van der Waals surface area contributed by atoms with E-state index in [9.17, 15) is 9.59 Å². The smallest absolute Gasteiger partial charge is 0.361 e. The van der Waals surface area contributed by atoms with Crippen molar-refractivity contribution in [1.82, 2.24) is 0 Å². The molecule has 2 aromatic carbocycles. The molecule has 2 aromatic rings. The molecule has 0 aliphatic carbocycles. The third kappa shape index (κ3) is 2.52. The van der Waals surface area contributed by atoms with Crippen molar-refractivity contribution >= 4 is 17.4 Å². The van der Waals surface area contributed by atoms with Crippen LogP contribution in [0.4, 0.5) is 5.69 Å². The third-order valence-corrected chi connectivity index (χ3v) is 4.10. The Morgan fingerprint density at radius 1 is 1.12 bits per heavy atom. The maximum Gasteiger partial charge on any atom is 0.361 e. The molecule has 0 amide bonds. The molecule has 5 heteroatoms. The van der Waals surface area contributed by atoms with E-state index in [2.05, 4.69) is 5.32 Å². The van der Waals surface area contributed by atoms with Crippen LogP contribution in [0, 0.1) is 0 Å². The number of anilines is 1. The first kappa shape index (κ1) is 16.1. The monoisotopic (exact) mass is 325 g/mol. The van der Waals surface area contributed by atoms with Crippen LogP contribution in [0.1, 0.15) is 25.5 Å². The van der Waals surface area contributed by atoms with Crippen LogP contribution in [0.15, 0.2) is 54.6 Å². The molecule has 124 valence electrons. The van der Waals surface area contributed by atoms with Gasteiger partial charge in [0.05, 0.1) is 12.3 Å². The first-order valence-electron chi connectivity index (χ1n) is 7.87. The van der Waals surface area contributed by atoms with Crippen molar-refractivity contribution in [1.29, 1.82) is 0 Å². The Labute approximate surface area is 140 Å². The quantitative estimate of drug-likeness (QED) is 0.691. The number of carbonyl (C=O) groups excluding carboxylic acids is 2. The first-order valence-corrected chi connectivity index (χ1v) is 7.87. The number of ketones is 1. The minimum atomic E-state index is -1.76. The van der Waals surface area contributed by atoms with Crippen molar-refractivity contribution in [3.8, 4) is 5.75 Å². The number of Topliss-reactive ketones (excluding diaryl/α,β-unsaturated/α-hetero) is 1. The van der Waals surface area contributed by atoms with E-state index in [0.29, 0.717) is 5.75 Å². The molecular weight excluding hydrogens is 306 g/mol. The highest BCUT2D eigenvalue weighted by molar-refractivity contribution is 6.08. The zero-order valence-electron chi connectivity index (χ0n) is 13.6. The van der Waals surface area contributed by atoms with E-state index in [1.165, 1.54) is 6.92 Å². The number of fused-ring (bicyclic) bond motifs is 1. The second kappa shape index (κ2) is 6.35. The second-order valence-corrected chi connectivity index (χ2v) is 5.60. The summed E-state index contributed by atoms with van der Waals surface area (Å²) in [4.78, 5) is 25.3. The highest BCUT2D eigenvalue weighted by Crippen LogP contribution is 2.43. The summed E-state index contributed by atoms with van der Waals surface area (Å²) < 4.78 is 11.2. The normalized spacial score (nSPS) is 21.8. The summed E-state index contributed by atoms with van der Waals surface area (Å²) in [6.45, 7) is 3.22. The number of carbonyl (C=O) groups is 2. The average Bonchev–Trinajstić information content (AvgIpc) is 2.61. The second-order valence-electron chi connectivity index (χ2n) is 5.60. The Hall–Kier alpha value is -2.82. The number of nitrogens with one attached hydrogen (secondary N) is 1. The molecule has 1 heterocycles. The van der Waals surface area contributed by atoms with Crippen molar-refractivity contribution in [2.45, 2.75) is 25.5 Å². The van der Waals surface area contributed by atoms with Crippen LogP contribution in [-0.2, 0) is 14.3 Å². The number of rotatable bonds is 4. The summed E-state index contributed by atoms with van der Waals surface area (Å²) in [6, 6.07) is 15.8. The molecule has 5 nitrogen and oxygen atoms in total. The van der Waals surface area contributed by atoms with Gasteiger partial charge in [0.2, 0.25) is 0 Å². The van der Waals surface area contributed by atoms with Crippen LogP contribution in [0.25, 0.3) is 0 Å². The molecule has 3 rings (SSSR count). The fourth-order valence-electron chi connectivity index (χ4n) is 2.94. The van der Waals surface area contributed by atoms with Crippen LogP contribution in [-0.4, -0.2) is 24.0 Å². The maximum atomic E-state index is 12.7. The highest BCUT2D eigenvalue weighted by Gasteiger charge is 2.57. The first-order chi connectivity index (χ1) is 11.6. The fourth-order valence-corrected chi connectivity index (χ4v) is 2.94. The van der Waals surface area contributed by atoms with E-state index in [1.807, 2.05) is 42.5 Å². The highest BCUT2D eigenvalue weighted by atomic mass is 16.6. The lowest BCUT2D eigenvalue weighted by molar-refractivity contribution is -0.168. The molecule has 0 spiro atoms. The average molecular weight is 325 g/mol. The third-order valence-electron chi connectivity index (χ3n) is 4.10. The minimum Gasteiger partial charge on any atom is -0.463 e. The number of hydrogen-bond acceptors (Lipinski definition) is 5. The topological polar surface area (TPSA) is 64.6 Å². The van der Waals surface area contributed by atoms with E-state index in [1.54, 1.807) is 19.1 Å². The van der Waals surface area contributed by atoms with Gasteiger partial charge in [-0.3, -0.25) is 4.79 Å². The molecule has 1 aliphatic heterocycles. The van der Waals surface area contributed by atoms with Crippen LogP contribution < -0.4 is 10.1 Å². The lowest BCUT2D eigenvalue weighted by Crippen LogP contribution is -2.60. The number of esters is 1. The van der Waals surface area contributed by atoms with Crippen LogP contribution in [0.5, 0.6) is 5.75 Å². The summed E-state index contributed by atoms with van der Waals surface area (Å²) in [5.74, 6) is -0.641. The molecule has 0 bridgehead atoms. The molecule has 1 aliphatic rings. The fraction of sp³-hybridized carbons (Fsp3) is 0.263. The van der Waals surface area contributed by atoms with Gasteiger partial charge in [-0.15, -0.1) is 0 Å². The number of hydrogen-bond donors (Lipinski definition) is 1. The molecule has 0 fully saturated rings. The molecule has 0 unspecified atom stereocenters. The molecule has 0 saturated heterocycles. The molecule has 0 radical (unpaired) electrons. The van der Waals surface area contributed by atoms with Gasteiger partial charge in [-0.1, -0.05) is 42.5 Å². The number of benzene rings is 2. The molecule has 24 heavy (non-hydrogen) atoms. The standard InChI is InChI=1S/C19H19NO4/c1-3-23-18(22)19(13(2)21)17(14-9-5-4-6-10-14)20-15-11-7-8-12-16(15)24-19/h4-12,17,20H,3H2,1-2H3/t17-,19-/m0/s1. The van der Waals surface area contributed by atoms with Crippen molar-refractivity contribution in [2.24, 2.45) is 0 Å². The van der Waals surface area contributed by atoms with Gasteiger partial charge in [0.15, 0.2) is 5.78 Å². The summed E-state index contributed by atoms with van der Waals surface area (Å²) >= 11 is 0. The Morgan fingerprint density at radius 3 is 2.46 bits per heavy atom. The zero-order valence-corrected chi connectivity index (χ0v) is 13.6. The molecule has 1 N–H and O–H groups in total. The van der Waals surface area contributed by atoms with Gasteiger partial charge in [-0.05, 0) is 31.5 Å². The largest absolute Gasteiger partial charge is 0.463 e. The Balaban J connectivity index is 2.18. The Kier molecular flexibility index (Phi) is 4.25. The zero-order chi connectivity index (χ0) is 17.2. The van der Waals surface area contributed by atoms with Gasteiger partial charge in [-0.2, -0.15) is 0 Å².